The van der Waals surface area contributed by atoms with Gasteiger partial charge < -0.3 is 10.1 Å². The first-order chi connectivity index (χ1) is 4.57. The Balaban J connectivity index is 3.61. The Morgan fingerprint density at radius 1 is 1.40 bits per heavy atom. The molecule has 0 fully saturated rings. The van der Waals surface area contributed by atoms with Crippen molar-refractivity contribution in [3.8, 4) is 0 Å². The Bertz CT molecular complexity index is 112. The van der Waals surface area contributed by atoms with Crippen LogP contribution in [0.4, 0.5) is 0 Å². The van der Waals surface area contributed by atoms with Crippen molar-refractivity contribution in [1.82, 2.24) is 5.32 Å². The highest BCUT2D eigenvalue weighted by Gasteiger charge is 2.11. The van der Waals surface area contributed by atoms with Crippen molar-refractivity contribution in [1.29, 1.82) is 0 Å². The number of hydrogen-bond acceptors (Lipinski definition) is 2. The molecule has 0 radical (unpaired) electrons. The van der Waals surface area contributed by atoms with Gasteiger partial charge in [-0.05, 0) is 20.8 Å². The highest BCUT2D eigenvalue weighted by Crippen LogP contribution is 1.95. The molecule has 1 N–H and O–H groups in total. The van der Waals surface area contributed by atoms with E-state index >= 15 is 0 Å². The summed E-state index contributed by atoms with van der Waals surface area (Å²) in [6.07, 6.45) is -0.239. The zero-order valence-electron chi connectivity index (χ0n) is 6.97. The van der Waals surface area contributed by atoms with Crippen LogP contribution in [0.2, 0.25) is 0 Å². The van der Waals surface area contributed by atoms with Crippen LogP contribution < -0.4 is 5.32 Å². The minimum atomic E-state index is -0.343. The van der Waals surface area contributed by atoms with Gasteiger partial charge in [0.15, 0.2) is 0 Å². The summed E-state index contributed by atoms with van der Waals surface area (Å²) >= 11 is 0. The predicted octanol–water partition coefficient (Wildman–Crippen LogP) is 0.546. The fourth-order valence-corrected chi connectivity index (χ4v) is 0.673. The lowest BCUT2D eigenvalue weighted by atomic mass is 10.3. The van der Waals surface area contributed by atoms with Crippen LogP contribution in [0.3, 0.4) is 0 Å². The van der Waals surface area contributed by atoms with Gasteiger partial charge in [0.05, 0.1) is 6.10 Å². The Hall–Kier alpha value is -0.570. The maximum absolute atomic E-state index is 10.8. The third-order valence-electron chi connectivity index (χ3n) is 1.09. The van der Waals surface area contributed by atoms with E-state index in [9.17, 15) is 4.79 Å². The van der Waals surface area contributed by atoms with Crippen molar-refractivity contribution >= 4 is 5.91 Å². The number of carbonyl (C=O) groups is 1. The van der Waals surface area contributed by atoms with Gasteiger partial charge in [0.25, 0.3) is 0 Å². The molecular weight excluding hydrogens is 130 g/mol. The van der Waals surface area contributed by atoms with Gasteiger partial charge in [0, 0.05) is 7.05 Å². The van der Waals surface area contributed by atoms with Gasteiger partial charge in [-0.1, -0.05) is 0 Å². The summed E-state index contributed by atoms with van der Waals surface area (Å²) in [7, 11) is 1.60. The normalized spacial score (nSPS) is 13.3. The SMILES string of the molecule is CNC(=O)[C@@H](C)OC(C)C. The van der Waals surface area contributed by atoms with Crippen molar-refractivity contribution in [2.45, 2.75) is 33.0 Å². The number of hydrogen-bond donors (Lipinski definition) is 1. The third kappa shape index (κ3) is 3.45. The van der Waals surface area contributed by atoms with Crippen LogP contribution in [0, 0.1) is 0 Å². The molecule has 3 nitrogen and oxygen atoms in total. The van der Waals surface area contributed by atoms with Crippen LogP contribution in [0.5, 0.6) is 0 Å². The Labute approximate surface area is 61.8 Å². The van der Waals surface area contributed by atoms with Crippen LogP contribution in [0.25, 0.3) is 0 Å². The summed E-state index contributed by atoms with van der Waals surface area (Å²) in [5.74, 6) is -0.0753. The number of likely N-dealkylation sites (N-methyl/N-ethyl adjacent to an activating group) is 1. The van der Waals surface area contributed by atoms with Crippen molar-refractivity contribution in [3.63, 3.8) is 0 Å². The smallest absolute Gasteiger partial charge is 0.248 e. The second-order valence-corrected chi connectivity index (χ2v) is 2.44. The number of nitrogens with one attached hydrogen (secondary N) is 1. The Morgan fingerprint density at radius 3 is 2.20 bits per heavy atom. The van der Waals surface area contributed by atoms with Gasteiger partial charge in [0.2, 0.25) is 5.91 Å². The lowest BCUT2D eigenvalue weighted by Crippen LogP contribution is -2.33. The van der Waals surface area contributed by atoms with Crippen molar-refractivity contribution in [3.05, 3.63) is 0 Å². The van der Waals surface area contributed by atoms with E-state index in [1.54, 1.807) is 14.0 Å². The van der Waals surface area contributed by atoms with E-state index in [2.05, 4.69) is 5.32 Å². The van der Waals surface area contributed by atoms with Crippen molar-refractivity contribution in [2.75, 3.05) is 7.05 Å². The Morgan fingerprint density at radius 2 is 1.90 bits per heavy atom. The standard InChI is InChI=1S/C7H15NO2/c1-5(2)10-6(3)7(9)8-4/h5-6H,1-4H3,(H,8,9)/t6-/m1/s1. The number of ether oxygens (including phenoxy) is 1. The van der Waals surface area contributed by atoms with Crippen LogP contribution in [0.1, 0.15) is 20.8 Å². The van der Waals surface area contributed by atoms with Crippen LogP contribution >= 0.6 is 0 Å². The van der Waals surface area contributed by atoms with Gasteiger partial charge in [0.1, 0.15) is 6.10 Å². The molecule has 60 valence electrons. The lowest BCUT2D eigenvalue weighted by Gasteiger charge is -2.13. The van der Waals surface area contributed by atoms with E-state index in [1.165, 1.54) is 0 Å². The summed E-state index contributed by atoms with van der Waals surface area (Å²) < 4.78 is 5.19. The number of amides is 1. The fraction of sp³-hybridized carbons (Fsp3) is 0.857. The molecule has 0 bridgehead atoms. The molecule has 0 aromatic rings. The lowest BCUT2D eigenvalue weighted by molar-refractivity contribution is -0.133. The zero-order valence-corrected chi connectivity index (χ0v) is 6.97. The van der Waals surface area contributed by atoms with Crippen molar-refractivity contribution in [2.24, 2.45) is 0 Å². The van der Waals surface area contributed by atoms with Gasteiger partial charge in [-0.25, -0.2) is 0 Å². The van der Waals surface area contributed by atoms with Gasteiger partial charge in [-0.2, -0.15) is 0 Å². The maximum Gasteiger partial charge on any atom is 0.248 e. The van der Waals surface area contributed by atoms with Gasteiger partial charge >= 0.3 is 0 Å². The molecule has 0 aliphatic rings. The van der Waals surface area contributed by atoms with E-state index in [-0.39, 0.29) is 18.1 Å². The molecular formula is C7H15NO2. The van der Waals surface area contributed by atoms with E-state index < -0.39 is 0 Å². The summed E-state index contributed by atoms with van der Waals surface area (Å²) in [6, 6.07) is 0. The highest BCUT2D eigenvalue weighted by molar-refractivity contribution is 5.79. The van der Waals surface area contributed by atoms with E-state index in [4.69, 9.17) is 4.74 Å². The van der Waals surface area contributed by atoms with Gasteiger partial charge in [-0.15, -0.1) is 0 Å². The molecule has 0 saturated heterocycles. The molecule has 0 heterocycles. The molecule has 0 aromatic carbocycles. The first-order valence-electron chi connectivity index (χ1n) is 3.45. The summed E-state index contributed by atoms with van der Waals surface area (Å²) in [6.45, 7) is 5.54. The minimum Gasteiger partial charge on any atom is -0.366 e. The average molecular weight is 145 g/mol. The molecule has 0 saturated carbocycles. The zero-order chi connectivity index (χ0) is 8.15. The number of rotatable bonds is 3. The van der Waals surface area contributed by atoms with Crippen LogP contribution in [-0.2, 0) is 9.53 Å². The summed E-state index contributed by atoms with van der Waals surface area (Å²) in [5, 5.41) is 2.51. The largest absolute Gasteiger partial charge is 0.366 e. The second kappa shape index (κ2) is 4.28. The predicted molar refractivity (Wildman–Crippen MR) is 39.7 cm³/mol. The fourth-order valence-electron chi connectivity index (χ4n) is 0.673. The molecule has 10 heavy (non-hydrogen) atoms. The Kier molecular flexibility index (Phi) is 4.03. The minimum absolute atomic E-state index is 0.0753. The van der Waals surface area contributed by atoms with Gasteiger partial charge in [-0.3, -0.25) is 4.79 Å². The molecule has 3 heteroatoms. The average Bonchev–Trinajstić information content (AvgIpc) is 1.85. The van der Waals surface area contributed by atoms with Crippen LogP contribution in [0.15, 0.2) is 0 Å². The quantitative estimate of drug-likeness (QED) is 0.629. The molecule has 1 atom stereocenters. The summed E-state index contributed by atoms with van der Waals surface area (Å²) in [4.78, 5) is 10.8. The summed E-state index contributed by atoms with van der Waals surface area (Å²) in [5.41, 5.74) is 0. The molecule has 0 aromatic heterocycles. The molecule has 0 unspecified atom stereocenters. The highest BCUT2D eigenvalue weighted by atomic mass is 16.5. The topological polar surface area (TPSA) is 38.3 Å². The molecule has 0 spiro atoms. The van der Waals surface area contributed by atoms with E-state index in [1.807, 2.05) is 13.8 Å². The van der Waals surface area contributed by atoms with E-state index in [0.717, 1.165) is 0 Å². The molecule has 1 amide bonds. The third-order valence-corrected chi connectivity index (χ3v) is 1.09. The van der Waals surface area contributed by atoms with Crippen molar-refractivity contribution < 1.29 is 9.53 Å². The first kappa shape index (κ1) is 9.43. The molecule has 0 aliphatic heterocycles. The second-order valence-electron chi connectivity index (χ2n) is 2.44. The molecule has 0 rings (SSSR count). The monoisotopic (exact) mass is 145 g/mol. The maximum atomic E-state index is 10.8. The van der Waals surface area contributed by atoms with Crippen LogP contribution in [-0.4, -0.2) is 25.2 Å². The van der Waals surface area contributed by atoms with E-state index in [0.29, 0.717) is 0 Å². The number of carbonyl (C=O) groups excluding carboxylic acids is 1. The first-order valence-corrected chi connectivity index (χ1v) is 3.45. The molecule has 0 aliphatic carbocycles.